The van der Waals surface area contributed by atoms with Crippen LogP contribution in [0.2, 0.25) is 0 Å². The predicted molar refractivity (Wildman–Crippen MR) is 110 cm³/mol. The molecule has 10 heteroatoms. The van der Waals surface area contributed by atoms with Crippen LogP contribution in [-0.4, -0.2) is 65.8 Å². The maximum atomic E-state index is 10.3. The van der Waals surface area contributed by atoms with Crippen LogP contribution in [0.4, 0.5) is 0 Å². The topological polar surface area (TPSA) is 105 Å². The standard InChI is InChI=1S/C13H13BrO4.C6H14O5/c1-6-8(14)5-4-7-9(6)11(16)13(18-3)12(17-2)10(7)15;1-7-5(8-2)11-6(9-3)10-4/h4-5,15-16H,1-3H3;5-6H,1-4H3. The molecule has 0 spiro atoms. The van der Waals surface area contributed by atoms with E-state index in [1.165, 1.54) is 42.7 Å². The van der Waals surface area contributed by atoms with Crippen LogP contribution in [-0.2, 0) is 23.7 Å². The summed E-state index contributed by atoms with van der Waals surface area (Å²) in [5.41, 5.74) is 0.821. The number of methoxy groups -OCH3 is 6. The fourth-order valence-electron chi connectivity index (χ4n) is 2.52. The summed E-state index contributed by atoms with van der Waals surface area (Å²) in [4.78, 5) is 0. The molecule has 0 atom stereocenters. The van der Waals surface area contributed by atoms with E-state index in [4.69, 9.17) is 33.2 Å². The van der Waals surface area contributed by atoms with Gasteiger partial charge in [0.05, 0.1) is 14.2 Å². The Bertz CT molecular complexity index is 779. The number of phenolic OH excluding ortho intramolecular Hbond substituents is 2. The van der Waals surface area contributed by atoms with Gasteiger partial charge < -0.3 is 38.6 Å². The van der Waals surface area contributed by atoms with Crippen LogP contribution >= 0.6 is 15.9 Å². The molecule has 2 rings (SSSR count). The van der Waals surface area contributed by atoms with Crippen molar-refractivity contribution >= 4 is 26.7 Å². The van der Waals surface area contributed by atoms with E-state index in [1.807, 2.05) is 13.0 Å². The molecule has 0 saturated carbocycles. The lowest BCUT2D eigenvalue weighted by Crippen LogP contribution is -2.27. The Labute approximate surface area is 178 Å². The largest absolute Gasteiger partial charge is 0.504 e. The predicted octanol–water partition coefficient (Wildman–Crippen LogP) is 3.49. The number of benzene rings is 2. The summed E-state index contributed by atoms with van der Waals surface area (Å²) < 4.78 is 34.9. The third-order valence-corrected chi connectivity index (χ3v) is 4.79. The van der Waals surface area contributed by atoms with Crippen molar-refractivity contribution in [2.45, 2.75) is 19.9 Å². The molecule has 0 aliphatic rings. The summed E-state index contributed by atoms with van der Waals surface area (Å²) in [7, 11) is 8.64. The SMILES string of the molecule is COC(OC)OC(OC)OC.COc1c(OC)c(O)c2c(C)c(Br)ccc2c1O. The zero-order chi connectivity index (χ0) is 22.1. The number of ether oxygens (including phenoxy) is 7. The maximum Gasteiger partial charge on any atom is 0.275 e. The van der Waals surface area contributed by atoms with Gasteiger partial charge >= 0.3 is 0 Å². The zero-order valence-corrected chi connectivity index (χ0v) is 19.0. The fourth-order valence-corrected chi connectivity index (χ4v) is 2.85. The van der Waals surface area contributed by atoms with Crippen molar-refractivity contribution in [1.29, 1.82) is 0 Å². The Morgan fingerprint density at radius 2 is 1.21 bits per heavy atom. The van der Waals surface area contributed by atoms with E-state index in [-0.39, 0.29) is 23.0 Å². The van der Waals surface area contributed by atoms with Crippen LogP contribution in [0.25, 0.3) is 10.8 Å². The van der Waals surface area contributed by atoms with Gasteiger partial charge in [0.25, 0.3) is 13.0 Å². The average Bonchev–Trinajstić information content (AvgIpc) is 2.73. The first-order valence-electron chi connectivity index (χ1n) is 8.32. The Balaban J connectivity index is 0.000000331. The van der Waals surface area contributed by atoms with Crippen molar-refractivity contribution in [3.05, 3.63) is 22.2 Å². The first-order valence-corrected chi connectivity index (χ1v) is 9.11. The van der Waals surface area contributed by atoms with E-state index in [0.29, 0.717) is 10.8 Å². The van der Waals surface area contributed by atoms with Gasteiger partial charge in [-0.15, -0.1) is 0 Å². The quantitative estimate of drug-likeness (QED) is 0.435. The molecule has 0 bridgehead atoms. The minimum atomic E-state index is -0.764. The number of hydrogen-bond acceptors (Lipinski definition) is 9. The van der Waals surface area contributed by atoms with Crippen molar-refractivity contribution in [1.82, 2.24) is 0 Å². The van der Waals surface area contributed by atoms with E-state index in [2.05, 4.69) is 15.9 Å². The lowest BCUT2D eigenvalue weighted by molar-refractivity contribution is -0.378. The number of rotatable bonds is 8. The van der Waals surface area contributed by atoms with Crippen LogP contribution in [0.5, 0.6) is 23.0 Å². The summed E-state index contributed by atoms with van der Waals surface area (Å²) in [6.45, 7) is 0.317. The highest BCUT2D eigenvalue weighted by atomic mass is 79.9. The van der Waals surface area contributed by atoms with Gasteiger partial charge in [-0.05, 0) is 24.6 Å². The van der Waals surface area contributed by atoms with Crippen LogP contribution in [0.3, 0.4) is 0 Å². The van der Waals surface area contributed by atoms with Crippen molar-refractivity contribution < 1.29 is 43.4 Å². The molecular formula is C19H27BrO9. The molecule has 2 N–H and O–H groups in total. The van der Waals surface area contributed by atoms with Gasteiger partial charge in [-0.3, -0.25) is 4.74 Å². The Morgan fingerprint density at radius 3 is 1.62 bits per heavy atom. The molecule has 0 aromatic heterocycles. The first kappa shape index (κ1) is 25.2. The summed E-state index contributed by atoms with van der Waals surface area (Å²) in [5, 5.41) is 21.5. The van der Waals surface area contributed by atoms with E-state index < -0.39 is 13.0 Å². The van der Waals surface area contributed by atoms with Crippen LogP contribution in [0.15, 0.2) is 16.6 Å². The van der Waals surface area contributed by atoms with Crippen LogP contribution in [0.1, 0.15) is 5.56 Å². The molecular weight excluding hydrogens is 452 g/mol. The van der Waals surface area contributed by atoms with Crippen LogP contribution in [0, 0.1) is 6.92 Å². The van der Waals surface area contributed by atoms with Gasteiger partial charge in [0.2, 0.25) is 11.5 Å². The van der Waals surface area contributed by atoms with Crippen molar-refractivity contribution in [3.63, 3.8) is 0 Å². The van der Waals surface area contributed by atoms with Crippen molar-refractivity contribution in [3.8, 4) is 23.0 Å². The molecule has 2 aromatic rings. The minimum Gasteiger partial charge on any atom is -0.504 e. The zero-order valence-electron chi connectivity index (χ0n) is 17.4. The third-order valence-electron chi connectivity index (χ3n) is 3.93. The fraction of sp³-hybridized carbons (Fsp3) is 0.474. The Morgan fingerprint density at radius 1 is 0.759 bits per heavy atom. The first-order chi connectivity index (χ1) is 13.8. The van der Waals surface area contributed by atoms with Gasteiger partial charge in [-0.25, -0.2) is 0 Å². The molecule has 0 fully saturated rings. The van der Waals surface area contributed by atoms with Gasteiger partial charge in [0.15, 0.2) is 11.5 Å². The highest BCUT2D eigenvalue weighted by Crippen LogP contribution is 2.51. The van der Waals surface area contributed by atoms with E-state index >= 15 is 0 Å². The number of phenols is 2. The highest BCUT2D eigenvalue weighted by molar-refractivity contribution is 9.10. The Kier molecular flexibility index (Phi) is 10.4. The molecule has 164 valence electrons. The minimum absolute atomic E-state index is 0.0408. The lowest BCUT2D eigenvalue weighted by atomic mass is 10.0. The molecule has 0 aliphatic carbocycles. The van der Waals surface area contributed by atoms with Crippen molar-refractivity contribution in [2.75, 3.05) is 42.7 Å². The number of aryl methyl sites for hydroxylation is 1. The molecule has 29 heavy (non-hydrogen) atoms. The lowest BCUT2D eigenvalue weighted by Gasteiger charge is -2.19. The van der Waals surface area contributed by atoms with E-state index in [9.17, 15) is 10.2 Å². The molecule has 0 aliphatic heterocycles. The maximum absolute atomic E-state index is 10.3. The smallest absolute Gasteiger partial charge is 0.275 e. The molecule has 0 heterocycles. The highest BCUT2D eigenvalue weighted by Gasteiger charge is 2.22. The summed E-state index contributed by atoms with van der Waals surface area (Å²) in [6, 6.07) is 3.52. The number of aromatic hydroxyl groups is 2. The molecule has 2 aromatic carbocycles. The summed E-state index contributed by atoms with van der Waals surface area (Å²) in [6.07, 6.45) is 0. The molecule has 0 amide bonds. The molecule has 0 radical (unpaired) electrons. The molecule has 0 unspecified atom stereocenters. The summed E-state index contributed by atoms with van der Waals surface area (Å²) >= 11 is 3.39. The number of hydrogen-bond donors (Lipinski definition) is 2. The third kappa shape index (κ3) is 5.84. The van der Waals surface area contributed by atoms with Gasteiger partial charge in [0, 0.05) is 43.7 Å². The second-order valence-electron chi connectivity index (χ2n) is 5.51. The van der Waals surface area contributed by atoms with Gasteiger partial charge in [0.1, 0.15) is 0 Å². The second kappa shape index (κ2) is 12.0. The van der Waals surface area contributed by atoms with E-state index in [1.54, 1.807) is 6.07 Å². The monoisotopic (exact) mass is 478 g/mol. The summed E-state index contributed by atoms with van der Waals surface area (Å²) in [5.74, 6) is 0.173. The van der Waals surface area contributed by atoms with Gasteiger partial charge in [-0.2, -0.15) is 0 Å². The number of halogens is 1. The van der Waals surface area contributed by atoms with Gasteiger partial charge in [-0.1, -0.05) is 15.9 Å². The average molecular weight is 479 g/mol. The van der Waals surface area contributed by atoms with Crippen molar-refractivity contribution in [2.24, 2.45) is 0 Å². The number of fused-ring (bicyclic) bond motifs is 1. The molecule has 9 nitrogen and oxygen atoms in total. The van der Waals surface area contributed by atoms with E-state index in [0.717, 1.165) is 10.0 Å². The molecule has 0 saturated heterocycles. The normalized spacial score (nSPS) is 11.0. The second-order valence-corrected chi connectivity index (χ2v) is 6.37. The van der Waals surface area contributed by atoms with Crippen LogP contribution < -0.4 is 9.47 Å². The Hall–Kier alpha value is -1.82.